The quantitative estimate of drug-likeness (QED) is 0.645. The van der Waals surface area contributed by atoms with E-state index in [-0.39, 0.29) is 0 Å². The third kappa shape index (κ3) is 3.82. The molecule has 130 valence electrons. The lowest BCUT2D eigenvalue weighted by Crippen LogP contribution is -2.50. The fraction of sp³-hybridized carbons (Fsp3) is 0.429. The van der Waals surface area contributed by atoms with E-state index >= 15 is 0 Å². The number of nitro benzene ring substituents is 1. The molecule has 1 aliphatic heterocycles. The minimum Gasteiger partial charge on any atom is -0.378 e. The third-order valence-corrected chi connectivity index (χ3v) is 3.52. The van der Waals surface area contributed by atoms with Gasteiger partial charge in [-0.05, 0) is 13.0 Å². The van der Waals surface area contributed by atoms with Crippen molar-refractivity contribution in [3.05, 3.63) is 39.4 Å². The Labute approximate surface area is 135 Å². The molecule has 0 aliphatic carbocycles. The Morgan fingerprint density at radius 2 is 1.88 bits per heavy atom. The van der Waals surface area contributed by atoms with Crippen LogP contribution < -0.4 is 5.32 Å². The molecule has 0 saturated carbocycles. The maximum Gasteiger partial charge on any atom is 0.285 e. The predicted molar refractivity (Wildman–Crippen MR) is 77.3 cm³/mol. The molecule has 24 heavy (non-hydrogen) atoms. The molecule has 0 unspecified atom stereocenters. The summed E-state index contributed by atoms with van der Waals surface area (Å²) in [7, 11) is 0. The van der Waals surface area contributed by atoms with E-state index in [0.29, 0.717) is 38.4 Å². The number of ether oxygens (including phenoxy) is 1. The molecule has 2 rings (SSSR count). The highest BCUT2D eigenvalue weighted by atomic mass is 19.2. The Kier molecular flexibility index (Phi) is 5.39. The number of amides is 2. The lowest BCUT2D eigenvalue weighted by molar-refractivity contribution is -0.385. The van der Waals surface area contributed by atoms with Crippen LogP contribution in [0.5, 0.6) is 0 Å². The Balaban J connectivity index is 2.15. The number of hydrogen-bond donors (Lipinski definition) is 1. The van der Waals surface area contributed by atoms with Gasteiger partial charge < -0.3 is 15.0 Å². The number of halogens is 2. The van der Waals surface area contributed by atoms with Crippen LogP contribution in [0.4, 0.5) is 14.5 Å². The smallest absolute Gasteiger partial charge is 0.285 e. The molecule has 1 aromatic rings. The normalized spacial score (nSPS) is 15.7. The Morgan fingerprint density at radius 1 is 1.29 bits per heavy atom. The van der Waals surface area contributed by atoms with Gasteiger partial charge in [0.2, 0.25) is 5.91 Å². The first-order valence-corrected chi connectivity index (χ1v) is 7.12. The van der Waals surface area contributed by atoms with Crippen molar-refractivity contribution in [3.8, 4) is 0 Å². The van der Waals surface area contributed by atoms with Gasteiger partial charge in [0, 0.05) is 13.1 Å². The lowest BCUT2D eigenvalue weighted by atomic mass is 10.1. The van der Waals surface area contributed by atoms with Crippen LogP contribution in [-0.4, -0.2) is 54.0 Å². The lowest BCUT2D eigenvalue weighted by Gasteiger charge is -2.29. The van der Waals surface area contributed by atoms with Gasteiger partial charge in [-0.3, -0.25) is 19.7 Å². The van der Waals surface area contributed by atoms with Gasteiger partial charge in [0.05, 0.1) is 24.2 Å². The zero-order chi connectivity index (χ0) is 17.9. The zero-order valence-corrected chi connectivity index (χ0v) is 12.8. The van der Waals surface area contributed by atoms with Crippen molar-refractivity contribution in [2.45, 2.75) is 13.0 Å². The zero-order valence-electron chi connectivity index (χ0n) is 12.8. The van der Waals surface area contributed by atoms with Crippen LogP contribution in [0.1, 0.15) is 17.3 Å². The van der Waals surface area contributed by atoms with Crippen molar-refractivity contribution >= 4 is 17.5 Å². The molecule has 8 nitrogen and oxygen atoms in total. The van der Waals surface area contributed by atoms with Gasteiger partial charge in [0.25, 0.3) is 11.6 Å². The monoisotopic (exact) mass is 343 g/mol. The van der Waals surface area contributed by atoms with E-state index in [1.807, 2.05) is 0 Å². The van der Waals surface area contributed by atoms with Crippen LogP contribution in [0.2, 0.25) is 0 Å². The van der Waals surface area contributed by atoms with Gasteiger partial charge in [0.1, 0.15) is 11.6 Å². The standard InChI is InChI=1S/C14H15F2N3O5/c1-8(14(21)18-2-4-24-5-3-18)17-13(20)9-6-10(15)11(16)7-12(9)19(22)23/h6-8H,2-5H2,1H3,(H,17,20)/t8-/m1/s1. The Hall–Kier alpha value is -2.62. The predicted octanol–water partition coefficient (Wildman–Crippen LogP) is 0.850. The third-order valence-electron chi connectivity index (χ3n) is 3.52. The van der Waals surface area contributed by atoms with Crippen LogP contribution >= 0.6 is 0 Å². The van der Waals surface area contributed by atoms with E-state index in [2.05, 4.69) is 5.32 Å². The maximum atomic E-state index is 13.3. The van der Waals surface area contributed by atoms with Gasteiger partial charge in [-0.2, -0.15) is 0 Å². The van der Waals surface area contributed by atoms with Crippen LogP contribution in [0.15, 0.2) is 12.1 Å². The van der Waals surface area contributed by atoms with Crippen LogP contribution in [0.25, 0.3) is 0 Å². The minimum atomic E-state index is -1.43. The summed E-state index contributed by atoms with van der Waals surface area (Å²) in [5.41, 5.74) is -1.53. The summed E-state index contributed by atoms with van der Waals surface area (Å²) in [5, 5.41) is 13.2. The molecule has 10 heteroatoms. The molecule has 1 aliphatic rings. The summed E-state index contributed by atoms with van der Waals surface area (Å²) >= 11 is 0. The molecule has 1 aromatic carbocycles. The van der Waals surface area contributed by atoms with E-state index in [0.717, 1.165) is 0 Å². The van der Waals surface area contributed by atoms with Gasteiger partial charge in [-0.15, -0.1) is 0 Å². The summed E-state index contributed by atoms with van der Waals surface area (Å²) in [5.74, 6) is -4.25. The van der Waals surface area contributed by atoms with Gasteiger partial charge in [-0.1, -0.05) is 0 Å². The van der Waals surface area contributed by atoms with Gasteiger partial charge >= 0.3 is 0 Å². The number of carbonyl (C=O) groups is 2. The largest absolute Gasteiger partial charge is 0.378 e. The molecule has 1 atom stereocenters. The molecule has 1 saturated heterocycles. The van der Waals surface area contributed by atoms with Gasteiger partial charge in [-0.25, -0.2) is 8.78 Å². The van der Waals surface area contributed by atoms with E-state index in [1.165, 1.54) is 11.8 Å². The number of nitrogens with one attached hydrogen (secondary N) is 1. The van der Waals surface area contributed by atoms with Crippen molar-refractivity contribution in [2.24, 2.45) is 0 Å². The topological polar surface area (TPSA) is 102 Å². The molecule has 0 radical (unpaired) electrons. The number of morpholine rings is 1. The van der Waals surface area contributed by atoms with E-state index in [4.69, 9.17) is 4.74 Å². The molecular formula is C14H15F2N3O5. The van der Waals surface area contributed by atoms with Crippen molar-refractivity contribution in [1.82, 2.24) is 10.2 Å². The number of hydrogen-bond acceptors (Lipinski definition) is 5. The van der Waals surface area contributed by atoms with E-state index in [1.54, 1.807) is 0 Å². The number of nitrogens with zero attached hydrogens (tertiary/aromatic N) is 2. The Morgan fingerprint density at radius 3 is 2.46 bits per heavy atom. The summed E-state index contributed by atoms with van der Waals surface area (Å²) in [4.78, 5) is 35.7. The molecule has 0 aromatic heterocycles. The second-order valence-corrected chi connectivity index (χ2v) is 5.17. The first kappa shape index (κ1) is 17.7. The average molecular weight is 343 g/mol. The fourth-order valence-corrected chi connectivity index (χ4v) is 2.26. The summed E-state index contributed by atoms with van der Waals surface area (Å²) in [6, 6.07) is -0.212. The maximum absolute atomic E-state index is 13.3. The highest BCUT2D eigenvalue weighted by molar-refractivity contribution is 6.00. The molecule has 0 bridgehead atoms. The summed E-state index contributed by atoms with van der Waals surface area (Å²) in [6.45, 7) is 2.89. The number of carbonyl (C=O) groups excluding carboxylic acids is 2. The highest BCUT2D eigenvalue weighted by Gasteiger charge is 2.28. The van der Waals surface area contributed by atoms with Crippen LogP contribution in [0, 0.1) is 21.7 Å². The SMILES string of the molecule is C[C@@H](NC(=O)c1cc(F)c(F)cc1[N+](=O)[O-])C(=O)N1CCOCC1. The number of nitro groups is 1. The Bertz CT molecular complexity index is 677. The fourth-order valence-electron chi connectivity index (χ4n) is 2.26. The minimum absolute atomic E-state index is 0.332. The van der Waals surface area contributed by atoms with Gasteiger partial charge in [0.15, 0.2) is 11.6 Å². The summed E-state index contributed by atoms with van der Waals surface area (Å²) < 4.78 is 31.5. The molecular weight excluding hydrogens is 328 g/mol. The number of benzene rings is 1. The van der Waals surface area contributed by atoms with Crippen molar-refractivity contribution in [2.75, 3.05) is 26.3 Å². The first-order chi connectivity index (χ1) is 11.3. The second-order valence-electron chi connectivity index (χ2n) is 5.17. The highest BCUT2D eigenvalue weighted by Crippen LogP contribution is 2.22. The van der Waals surface area contributed by atoms with Crippen LogP contribution in [0.3, 0.4) is 0 Å². The van der Waals surface area contributed by atoms with Crippen molar-refractivity contribution < 1.29 is 28.0 Å². The summed E-state index contributed by atoms with van der Waals surface area (Å²) in [6.07, 6.45) is 0. The molecule has 1 heterocycles. The second kappa shape index (κ2) is 7.30. The van der Waals surface area contributed by atoms with Crippen molar-refractivity contribution in [3.63, 3.8) is 0 Å². The van der Waals surface area contributed by atoms with Crippen LogP contribution in [-0.2, 0) is 9.53 Å². The van der Waals surface area contributed by atoms with Crippen molar-refractivity contribution in [1.29, 1.82) is 0 Å². The van der Waals surface area contributed by atoms with E-state index < -0.39 is 45.7 Å². The first-order valence-electron chi connectivity index (χ1n) is 7.12. The van der Waals surface area contributed by atoms with E-state index in [9.17, 15) is 28.5 Å². The number of rotatable bonds is 4. The molecule has 2 amide bonds. The average Bonchev–Trinajstić information content (AvgIpc) is 2.56. The molecule has 1 fully saturated rings. The molecule has 1 N–H and O–H groups in total. The molecule has 0 spiro atoms.